The maximum absolute atomic E-state index is 3.67. The Morgan fingerprint density at radius 2 is 2.00 bits per heavy atom. The van der Waals surface area contributed by atoms with Crippen LogP contribution < -0.4 is 5.32 Å². The molecule has 0 atom stereocenters. The third-order valence-electron chi connectivity index (χ3n) is 4.26. The Kier molecular flexibility index (Phi) is 5.43. The van der Waals surface area contributed by atoms with E-state index >= 15 is 0 Å². The first-order valence-electron chi connectivity index (χ1n) is 7.26. The summed E-state index contributed by atoms with van der Waals surface area (Å²) in [6, 6.07) is 9.96. The number of halogens is 1. The van der Waals surface area contributed by atoms with Gasteiger partial charge in [0.15, 0.2) is 0 Å². The number of rotatable bonds is 6. The Balaban J connectivity index is 1.68. The van der Waals surface area contributed by atoms with Crippen LogP contribution in [0.15, 0.2) is 28.7 Å². The quantitative estimate of drug-likeness (QED) is 0.859. The van der Waals surface area contributed by atoms with E-state index in [1.807, 2.05) is 0 Å². The van der Waals surface area contributed by atoms with Gasteiger partial charge in [-0.15, -0.1) is 0 Å². The lowest BCUT2D eigenvalue weighted by molar-refractivity contribution is 0.242. The van der Waals surface area contributed by atoms with Gasteiger partial charge in [0.1, 0.15) is 0 Å². The lowest BCUT2D eigenvalue weighted by Gasteiger charge is -2.37. The van der Waals surface area contributed by atoms with E-state index in [-0.39, 0.29) is 0 Å². The standard InChI is InChI=1S/C16H25BrN2/c1-12(2)19(3)9-8-18-14-10-13(11-14)15-6-4-5-7-16(15)17/h4-7,12-14,18H,8-11H2,1-3H3. The molecule has 0 saturated heterocycles. The van der Waals surface area contributed by atoms with Gasteiger partial charge in [0, 0.05) is 29.6 Å². The van der Waals surface area contributed by atoms with Gasteiger partial charge >= 0.3 is 0 Å². The number of nitrogens with one attached hydrogen (secondary N) is 1. The zero-order chi connectivity index (χ0) is 13.8. The summed E-state index contributed by atoms with van der Waals surface area (Å²) in [5.41, 5.74) is 1.47. The van der Waals surface area contributed by atoms with Crippen LogP contribution in [0.5, 0.6) is 0 Å². The average molecular weight is 325 g/mol. The molecule has 0 aromatic heterocycles. The highest BCUT2D eigenvalue weighted by Crippen LogP contribution is 2.39. The van der Waals surface area contributed by atoms with E-state index in [1.165, 1.54) is 22.9 Å². The van der Waals surface area contributed by atoms with E-state index in [0.29, 0.717) is 12.1 Å². The maximum Gasteiger partial charge on any atom is 0.0210 e. The molecular weight excluding hydrogens is 300 g/mol. The number of hydrogen-bond donors (Lipinski definition) is 1. The van der Waals surface area contributed by atoms with Crippen LogP contribution in [0.4, 0.5) is 0 Å². The SMILES string of the molecule is CC(C)N(C)CCNC1CC(c2ccccc2Br)C1. The molecule has 2 rings (SSSR count). The van der Waals surface area contributed by atoms with Gasteiger partial charge in [0.05, 0.1) is 0 Å². The van der Waals surface area contributed by atoms with Crippen LogP contribution >= 0.6 is 15.9 Å². The Morgan fingerprint density at radius 3 is 2.63 bits per heavy atom. The fraction of sp³-hybridized carbons (Fsp3) is 0.625. The van der Waals surface area contributed by atoms with Crippen molar-refractivity contribution < 1.29 is 0 Å². The molecule has 1 aliphatic rings. The molecule has 19 heavy (non-hydrogen) atoms. The second-order valence-electron chi connectivity index (χ2n) is 5.92. The van der Waals surface area contributed by atoms with E-state index in [9.17, 15) is 0 Å². The molecule has 0 heterocycles. The third kappa shape index (κ3) is 4.04. The first kappa shape index (κ1) is 15.0. The summed E-state index contributed by atoms with van der Waals surface area (Å²) in [5, 5.41) is 3.67. The molecule has 1 saturated carbocycles. The Hall–Kier alpha value is -0.380. The minimum atomic E-state index is 0.635. The highest BCUT2D eigenvalue weighted by molar-refractivity contribution is 9.10. The monoisotopic (exact) mass is 324 g/mol. The zero-order valence-corrected chi connectivity index (χ0v) is 13.8. The second-order valence-corrected chi connectivity index (χ2v) is 6.77. The van der Waals surface area contributed by atoms with Crippen LogP contribution in [0.1, 0.15) is 38.2 Å². The van der Waals surface area contributed by atoms with Crippen LogP contribution in [0, 0.1) is 0 Å². The van der Waals surface area contributed by atoms with Crippen LogP contribution in [-0.2, 0) is 0 Å². The minimum Gasteiger partial charge on any atom is -0.313 e. The number of benzene rings is 1. The maximum atomic E-state index is 3.67. The molecule has 0 radical (unpaired) electrons. The van der Waals surface area contributed by atoms with Crippen molar-refractivity contribution >= 4 is 15.9 Å². The fourth-order valence-corrected chi connectivity index (χ4v) is 3.16. The van der Waals surface area contributed by atoms with Crippen LogP contribution in [0.25, 0.3) is 0 Å². The molecule has 0 spiro atoms. The van der Waals surface area contributed by atoms with E-state index in [0.717, 1.165) is 19.0 Å². The van der Waals surface area contributed by atoms with Crippen LogP contribution in [0.3, 0.4) is 0 Å². The van der Waals surface area contributed by atoms with Crippen molar-refractivity contribution in [1.29, 1.82) is 0 Å². The van der Waals surface area contributed by atoms with Gasteiger partial charge in [-0.05, 0) is 51.3 Å². The molecule has 1 fully saturated rings. The predicted octanol–water partition coefficient (Wildman–Crippen LogP) is 3.62. The van der Waals surface area contributed by atoms with Crippen molar-refractivity contribution in [3.05, 3.63) is 34.3 Å². The van der Waals surface area contributed by atoms with Crippen molar-refractivity contribution in [1.82, 2.24) is 10.2 Å². The molecule has 2 nitrogen and oxygen atoms in total. The molecule has 0 aliphatic heterocycles. The van der Waals surface area contributed by atoms with Gasteiger partial charge in [0.2, 0.25) is 0 Å². The minimum absolute atomic E-state index is 0.635. The zero-order valence-electron chi connectivity index (χ0n) is 12.2. The van der Waals surface area contributed by atoms with Crippen LogP contribution in [-0.4, -0.2) is 37.1 Å². The lowest BCUT2D eigenvalue weighted by Crippen LogP contribution is -2.44. The van der Waals surface area contributed by atoms with Crippen LogP contribution in [0.2, 0.25) is 0 Å². The normalized spacial score (nSPS) is 22.8. The van der Waals surface area contributed by atoms with E-state index < -0.39 is 0 Å². The summed E-state index contributed by atoms with van der Waals surface area (Å²) < 4.78 is 1.26. The topological polar surface area (TPSA) is 15.3 Å². The highest BCUT2D eigenvalue weighted by Gasteiger charge is 2.30. The van der Waals surface area contributed by atoms with Crippen molar-refractivity contribution in [2.45, 2.75) is 44.7 Å². The van der Waals surface area contributed by atoms with E-state index in [2.05, 4.69) is 71.3 Å². The summed E-state index contributed by atoms with van der Waals surface area (Å²) in [6.07, 6.45) is 2.54. The van der Waals surface area contributed by atoms with Crippen molar-refractivity contribution in [2.24, 2.45) is 0 Å². The number of nitrogens with zero attached hydrogens (tertiary/aromatic N) is 1. The smallest absolute Gasteiger partial charge is 0.0210 e. The Morgan fingerprint density at radius 1 is 1.32 bits per heavy atom. The summed E-state index contributed by atoms with van der Waals surface area (Å²) in [6.45, 7) is 6.72. The summed E-state index contributed by atoms with van der Waals surface area (Å²) in [4.78, 5) is 2.39. The van der Waals surface area contributed by atoms with E-state index in [1.54, 1.807) is 0 Å². The number of likely N-dealkylation sites (N-methyl/N-ethyl adjacent to an activating group) is 1. The molecule has 1 aromatic carbocycles. The molecule has 0 bridgehead atoms. The van der Waals surface area contributed by atoms with Crippen molar-refractivity contribution in [3.8, 4) is 0 Å². The van der Waals surface area contributed by atoms with Crippen molar-refractivity contribution in [3.63, 3.8) is 0 Å². The first-order valence-corrected chi connectivity index (χ1v) is 8.05. The molecular formula is C16H25BrN2. The second kappa shape index (κ2) is 6.87. The number of hydrogen-bond acceptors (Lipinski definition) is 2. The Labute approximate surface area is 125 Å². The van der Waals surface area contributed by atoms with Gasteiger partial charge in [-0.1, -0.05) is 34.1 Å². The van der Waals surface area contributed by atoms with Gasteiger partial charge in [-0.2, -0.15) is 0 Å². The average Bonchev–Trinajstić information content (AvgIpc) is 2.33. The van der Waals surface area contributed by atoms with Gasteiger partial charge in [-0.25, -0.2) is 0 Å². The summed E-state index contributed by atoms with van der Waals surface area (Å²) in [7, 11) is 2.19. The fourth-order valence-electron chi connectivity index (χ4n) is 2.55. The molecule has 0 amide bonds. The largest absolute Gasteiger partial charge is 0.313 e. The third-order valence-corrected chi connectivity index (χ3v) is 4.98. The van der Waals surface area contributed by atoms with Gasteiger partial charge < -0.3 is 10.2 Å². The molecule has 3 heteroatoms. The molecule has 1 aliphatic carbocycles. The molecule has 106 valence electrons. The highest BCUT2D eigenvalue weighted by atomic mass is 79.9. The lowest BCUT2D eigenvalue weighted by atomic mass is 9.76. The predicted molar refractivity (Wildman–Crippen MR) is 85.7 cm³/mol. The molecule has 1 N–H and O–H groups in total. The molecule has 1 aromatic rings. The summed E-state index contributed by atoms with van der Waals surface area (Å²) >= 11 is 3.65. The Bertz CT molecular complexity index is 399. The van der Waals surface area contributed by atoms with Gasteiger partial charge in [0.25, 0.3) is 0 Å². The van der Waals surface area contributed by atoms with Gasteiger partial charge in [-0.3, -0.25) is 0 Å². The summed E-state index contributed by atoms with van der Waals surface area (Å²) in [5.74, 6) is 0.732. The van der Waals surface area contributed by atoms with Crippen molar-refractivity contribution in [2.75, 3.05) is 20.1 Å². The molecule has 0 unspecified atom stereocenters. The van der Waals surface area contributed by atoms with E-state index in [4.69, 9.17) is 0 Å². The first-order chi connectivity index (χ1) is 9.08.